The number of aliphatic carboxylic acids is 1. The number of ketones is 2. The Balaban J connectivity index is 0.000000218. The van der Waals surface area contributed by atoms with Gasteiger partial charge in [-0.25, -0.2) is 0 Å². The van der Waals surface area contributed by atoms with Crippen LogP contribution >= 0.6 is 100 Å². The van der Waals surface area contributed by atoms with Crippen LogP contribution in [0.5, 0.6) is 5.75 Å². The number of carbonyl (C=O) groups is 5. The van der Waals surface area contributed by atoms with Gasteiger partial charge in [0.15, 0.2) is 17.9 Å². The molecule has 10 rings (SSSR count). The zero-order valence-corrected chi connectivity index (χ0v) is 57.2. The minimum absolute atomic E-state index is 0.100. The van der Waals surface area contributed by atoms with Crippen LogP contribution in [0.2, 0.25) is 0 Å². The van der Waals surface area contributed by atoms with Gasteiger partial charge >= 0.3 is 7.69 Å². The van der Waals surface area contributed by atoms with Gasteiger partial charge in [0.25, 0.3) is 11.2 Å². The molecule has 0 amide bonds. The van der Waals surface area contributed by atoms with Gasteiger partial charge in [-0.1, -0.05) is 119 Å². The largest absolute Gasteiger partial charge is 0.569 e. The smallest absolute Gasteiger partial charge is 0.537 e. The molecule has 0 aliphatic heterocycles. The van der Waals surface area contributed by atoms with Crippen LogP contribution in [0.4, 0.5) is 0 Å². The predicted molar refractivity (Wildman–Crippen MR) is 367 cm³/mol. The van der Waals surface area contributed by atoms with Crippen molar-refractivity contribution >= 4 is 137 Å². The van der Waals surface area contributed by atoms with Crippen LogP contribution < -0.4 is 4.65 Å². The predicted octanol–water partition coefficient (Wildman–Crippen LogP) is 19.9. The molecule has 0 unspecified atom stereocenters. The van der Waals surface area contributed by atoms with Crippen molar-refractivity contribution in [1.82, 2.24) is 0 Å². The molecular formula is C68H67BBr2ClO8S5. The van der Waals surface area contributed by atoms with Gasteiger partial charge in [0.2, 0.25) is 0 Å². The third-order valence-electron chi connectivity index (χ3n) is 12.1. The fraction of sp³-hybridized carbons (Fsp3) is 0.191. The van der Waals surface area contributed by atoms with Gasteiger partial charge in [-0.05, 0) is 219 Å². The maximum Gasteiger partial charge on any atom is 0.569 e. The minimum Gasteiger partial charge on any atom is -0.537 e. The molecule has 0 saturated carbocycles. The highest BCUT2D eigenvalue weighted by molar-refractivity contribution is 9.11. The average Bonchev–Trinajstić information content (AvgIpc) is 4.52. The first-order valence-electron chi connectivity index (χ1n) is 26.4. The second-order valence-corrected chi connectivity index (χ2v) is 28.5. The molecule has 0 saturated heterocycles. The molecule has 0 spiro atoms. The van der Waals surface area contributed by atoms with Gasteiger partial charge in [0.05, 0.1) is 12.4 Å². The summed E-state index contributed by atoms with van der Waals surface area (Å²) in [5.41, 5.74) is 15.1. The molecule has 17 heteroatoms. The number of aryl methyl sites for hydroxylation is 10. The van der Waals surface area contributed by atoms with Crippen molar-refractivity contribution in [2.45, 2.75) is 89.0 Å². The van der Waals surface area contributed by atoms with Crippen molar-refractivity contribution in [3.8, 4) is 5.75 Å². The summed E-state index contributed by atoms with van der Waals surface area (Å²) in [7, 11) is 0.675. The fourth-order valence-corrected chi connectivity index (χ4v) is 14.0. The molecule has 0 aliphatic rings. The highest BCUT2D eigenvalue weighted by Crippen LogP contribution is 2.30. The van der Waals surface area contributed by atoms with Crippen LogP contribution in [0, 0.1) is 69.2 Å². The molecule has 0 aliphatic carbocycles. The molecule has 0 bridgehead atoms. The number of carbonyl (C=O) groups excluding carboxylic acids is 4. The molecule has 5 aromatic carbocycles. The van der Waals surface area contributed by atoms with E-state index in [1.54, 1.807) is 46.1 Å². The molecule has 2 N–H and O–H groups in total. The Bertz CT molecular complexity index is 3790. The van der Waals surface area contributed by atoms with Gasteiger partial charge in [0.1, 0.15) is 5.75 Å². The van der Waals surface area contributed by atoms with Crippen LogP contribution in [-0.2, 0) is 17.6 Å². The number of hydrogen-bond donors (Lipinski definition) is 2. The standard InChI is InChI=1S/C14H14OS.C13H11BrOS.C13H13BrS.C13H12OS.C7H8BO2.C6H5ClOS.C2H4O2/c1-10-4-3-5-12(6-10)7-13-8-14(9-15)16-11(13)2;1-8-4-3-5-10(6-8)13(15)11-7-12(14)16-9(11)2;1-9-4-3-5-11(6-9)7-12-8-13(14)15-10(12)2;1-9-4-3-5-11(8-9)13(14)12-6-7-15-10(12)2;1-6-3-2-4-7(5-6)10-8-9;1-4-5(6(7)8)2-3-9-4;1-2(3)4/h3-6,8-9H,7H2,1-2H3;3-7H,1-2H3;3-6,8H,7H2,1-2H3;3-8H,1-2H3;2-5,9H,1H3;2-3H,1H3;1H3,(H,3,4). The first-order valence-corrected chi connectivity index (χ1v) is 32.6. The summed E-state index contributed by atoms with van der Waals surface area (Å²) >= 11 is 20.3. The third kappa shape index (κ3) is 25.4. The Hall–Kier alpha value is -6.18. The lowest BCUT2D eigenvalue weighted by Gasteiger charge is -2.01. The molecule has 0 atom stereocenters. The number of rotatable bonds is 12. The quantitative estimate of drug-likeness (QED) is 0.0534. The second-order valence-electron chi connectivity index (χ2n) is 19.3. The average molecular weight is 1380 g/mol. The summed E-state index contributed by atoms with van der Waals surface area (Å²) in [6.45, 7) is 21.4. The normalized spacial score (nSPS) is 9.96. The van der Waals surface area contributed by atoms with Gasteiger partial charge in [0, 0.05) is 59.1 Å². The Morgan fingerprint density at radius 3 is 1.28 bits per heavy atom. The number of aldehydes is 1. The number of carboxylic acids is 1. The van der Waals surface area contributed by atoms with Crippen LogP contribution in [-0.4, -0.2) is 46.9 Å². The van der Waals surface area contributed by atoms with E-state index in [2.05, 4.69) is 114 Å². The molecule has 1 radical (unpaired) electrons. The summed E-state index contributed by atoms with van der Waals surface area (Å²) < 4.78 is 6.94. The third-order valence-corrected chi connectivity index (χ3v) is 18.2. The Kier molecular flexibility index (Phi) is 30.8. The fourth-order valence-electron chi connectivity index (χ4n) is 8.03. The maximum absolute atomic E-state index is 12.2. The summed E-state index contributed by atoms with van der Waals surface area (Å²) in [4.78, 5) is 61.1. The van der Waals surface area contributed by atoms with E-state index in [4.69, 9.17) is 31.2 Å². The van der Waals surface area contributed by atoms with Crippen LogP contribution in [0.3, 0.4) is 0 Å². The van der Waals surface area contributed by atoms with Crippen molar-refractivity contribution in [3.63, 3.8) is 0 Å². The lowest BCUT2D eigenvalue weighted by Crippen LogP contribution is -2.01. The molecular weight excluding hydrogens is 1310 g/mol. The van der Waals surface area contributed by atoms with Crippen LogP contribution in [0.1, 0.15) is 133 Å². The lowest BCUT2D eigenvalue weighted by molar-refractivity contribution is -0.134. The van der Waals surface area contributed by atoms with E-state index >= 15 is 0 Å². The van der Waals surface area contributed by atoms with E-state index < -0.39 is 5.97 Å². The molecule has 10 aromatic rings. The van der Waals surface area contributed by atoms with Crippen molar-refractivity contribution in [2.24, 2.45) is 0 Å². The summed E-state index contributed by atoms with van der Waals surface area (Å²) in [6.07, 6.45) is 2.88. The molecule has 85 heavy (non-hydrogen) atoms. The van der Waals surface area contributed by atoms with E-state index in [0.717, 1.165) is 88.3 Å². The number of carboxylic acid groups (broad SMARTS) is 1. The van der Waals surface area contributed by atoms with Crippen molar-refractivity contribution in [3.05, 3.63) is 277 Å². The SMILES string of the molecule is CC(=O)O.Cc1cccc(C(=O)c2cc(Br)sc2C)c1.Cc1cccc(C(=O)c2ccsc2C)c1.Cc1cccc(Cc2cc(Br)sc2C)c1.Cc1cccc(Cc2cc(C=O)sc2C)c1.Cc1cccc(O[B]O)c1.Cc1sccc1C(=O)Cl. The molecule has 5 aromatic heterocycles. The Morgan fingerprint density at radius 1 is 0.506 bits per heavy atom. The first-order chi connectivity index (χ1) is 40.4. The van der Waals surface area contributed by atoms with Gasteiger partial charge < -0.3 is 14.8 Å². The molecule has 0 fully saturated rings. The Labute approximate surface area is 542 Å². The zero-order valence-electron chi connectivity index (χ0n) is 49.2. The van der Waals surface area contributed by atoms with Gasteiger partial charge in [-0.15, -0.1) is 56.7 Å². The number of halogens is 3. The van der Waals surface area contributed by atoms with E-state index in [-0.39, 0.29) is 16.8 Å². The summed E-state index contributed by atoms with van der Waals surface area (Å²) in [6, 6.07) is 49.8. The minimum atomic E-state index is -0.833. The molecule has 441 valence electrons. The lowest BCUT2D eigenvalue weighted by atomic mass is 10.0. The van der Waals surface area contributed by atoms with Gasteiger partial charge in [-0.3, -0.25) is 24.0 Å². The highest BCUT2D eigenvalue weighted by atomic mass is 79.9. The van der Waals surface area contributed by atoms with E-state index in [1.165, 1.54) is 58.3 Å². The van der Waals surface area contributed by atoms with Crippen molar-refractivity contribution in [1.29, 1.82) is 0 Å². The zero-order chi connectivity index (χ0) is 62.8. The summed E-state index contributed by atoms with van der Waals surface area (Å²) in [5, 5.41) is 19.1. The van der Waals surface area contributed by atoms with Crippen LogP contribution in [0.25, 0.3) is 0 Å². The number of hydrogen-bond acceptors (Lipinski definition) is 12. The van der Waals surface area contributed by atoms with Gasteiger partial charge in [-0.2, -0.15) is 0 Å². The highest BCUT2D eigenvalue weighted by Gasteiger charge is 2.15. The summed E-state index contributed by atoms with van der Waals surface area (Å²) in [5.74, 6) is 0.0445. The van der Waals surface area contributed by atoms with Crippen molar-refractivity contribution < 1.29 is 38.8 Å². The molecule has 8 nitrogen and oxygen atoms in total. The number of benzene rings is 5. The topological polar surface area (TPSA) is 135 Å². The van der Waals surface area contributed by atoms with Crippen molar-refractivity contribution in [2.75, 3.05) is 0 Å². The first kappa shape index (κ1) is 71.3. The Morgan fingerprint density at radius 2 is 0.918 bits per heavy atom. The van der Waals surface area contributed by atoms with E-state index in [1.807, 2.05) is 149 Å². The van der Waals surface area contributed by atoms with Crippen LogP contribution in [0.15, 0.2) is 170 Å². The van der Waals surface area contributed by atoms with E-state index in [9.17, 15) is 19.2 Å². The second kappa shape index (κ2) is 36.7. The molecule has 5 heterocycles. The monoisotopic (exact) mass is 1380 g/mol. The number of thiophene rings is 5. The van der Waals surface area contributed by atoms with E-state index in [0.29, 0.717) is 19.0 Å². The maximum atomic E-state index is 12.2.